The molecule has 0 radical (unpaired) electrons. The molecule has 156 valence electrons. The molecule has 0 aliphatic rings. The molecule has 0 aliphatic heterocycles. The van der Waals surface area contributed by atoms with Crippen molar-refractivity contribution < 1.29 is 24.4 Å². The topological polar surface area (TPSA) is 68.2 Å². The molecule has 3 rings (SSSR count). The number of methoxy groups -OCH3 is 1. The summed E-state index contributed by atoms with van der Waals surface area (Å²) in [5, 5.41) is 20.6. The van der Waals surface area contributed by atoms with Crippen LogP contribution in [0, 0.1) is 0 Å². The molecule has 0 saturated carbocycles. The summed E-state index contributed by atoms with van der Waals surface area (Å²) in [6, 6.07) is 19.9. The van der Waals surface area contributed by atoms with Crippen molar-refractivity contribution in [2.45, 2.75) is 19.6 Å². The first kappa shape index (κ1) is 21.3. The highest BCUT2D eigenvalue weighted by Gasteiger charge is 2.13. The van der Waals surface area contributed by atoms with Crippen molar-refractivity contribution in [2.75, 3.05) is 13.7 Å². The molecule has 0 aromatic heterocycles. The van der Waals surface area contributed by atoms with Gasteiger partial charge in [-0.3, -0.25) is 0 Å². The zero-order valence-corrected chi connectivity index (χ0v) is 17.1. The first-order valence-electron chi connectivity index (χ1n) is 9.77. The number of phenols is 1. The maximum absolute atomic E-state index is 10.8. The average molecular weight is 406 g/mol. The van der Waals surface area contributed by atoms with Crippen molar-refractivity contribution >= 4 is 6.08 Å². The number of benzene rings is 3. The van der Waals surface area contributed by atoms with Crippen LogP contribution in [0.15, 0.2) is 72.8 Å². The third-order valence-corrected chi connectivity index (χ3v) is 4.53. The number of ether oxygens (including phenoxy) is 3. The van der Waals surface area contributed by atoms with Crippen molar-refractivity contribution in [3.8, 4) is 23.0 Å². The van der Waals surface area contributed by atoms with Crippen LogP contribution >= 0.6 is 0 Å². The molecule has 0 aliphatic carbocycles. The van der Waals surface area contributed by atoms with Crippen molar-refractivity contribution in [3.05, 3.63) is 89.5 Å². The molecule has 3 aromatic carbocycles. The van der Waals surface area contributed by atoms with E-state index in [0.717, 1.165) is 11.1 Å². The maximum Gasteiger partial charge on any atom is 0.130 e. The van der Waals surface area contributed by atoms with Gasteiger partial charge in [0.15, 0.2) is 0 Å². The Kier molecular flexibility index (Phi) is 7.35. The number of hydrogen-bond donors (Lipinski definition) is 2. The summed E-state index contributed by atoms with van der Waals surface area (Å²) in [4.78, 5) is 0. The van der Waals surface area contributed by atoms with Gasteiger partial charge in [0.25, 0.3) is 0 Å². The summed E-state index contributed by atoms with van der Waals surface area (Å²) in [6.07, 6.45) is 2.53. The van der Waals surface area contributed by atoms with Crippen molar-refractivity contribution in [2.24, 2.45) is 0 Å². The molecule has 0 bridgehead atoms. The lowest BCUT2D eigenvalue weighted by Crippen LogP contribution is -2.02. The predicted molar refractivity (Wildman–Crippen MR) is 117 cm³/mol. The molecule has 0 fully saturated rings. The molecule has 5 heteroatoms. The fraction of sp³-hybridized carbons (Fsp3) is 0.200. The number of aliphatic hydroxyl groups excluding tert-OH is 1. The SMILES string of the molecule is CCOc1cc(OC)ccc1C=CC(O)c1ccc(O)cc1OCc1ccccc1. The third-order valence-electron chi connectivity index (χ3n) is 4.53. The lowest BCUT2D eigenvalue weighted by atomic mass is 10.1. The molecule has 3 aromatic rings. The van der Waals surface area contributed by atoms with Gasteiger partial charge in [-0.05, 0) is 36.8 Å². The Balaban J connectivity index is 1.80. The highest BCUT2D eigenvalue weighted by atomic mass is 16.5. The second-order valence-corrected chi connectivity index (χ2v) is 6.64. The summed E-state index contributed by atoms with van der Waals surface area (Å²) in [5.41, 5.74) is 2.38. The van der Waals surface area contributed by atoms with Crippen LogP contribution in [0.4, 0.5) is 0 Å². The molecule has 2 N–H and O–H groups in total. The zero-order chi connectivity index (χ0) is 21.3. The van der Waals surface area contributed by atoms with Crippen LogP contribution in [0.1, 0.15) is 29.7 Å². The van der Waals surface area contributed by atoms with E-state index < -0.39 is 6.10 Å². The molecule has 0 saturated heterocycles. The Bertz CT molecular complexity index is 982. The van der Waals surface area contributed by atoms with Crippen LogP contribution in [-0.2, 0) is 6.61 Å². The van der Waals surface area contributed by atoms with E-state index in [2.05, 4.69) is 0 Å². The van der Waals surface area contributed by atoms with E-state index in [-0.39, 0.29) is 5.75 Å². The Morgan fingerprint density at radius 1 is 0.933 bits per heavy atom. The lowest BCUT2D eigenvalue weighted by molar-refractivity contribution is 0.217. The van der Waals surface area contributed by atoms with Gasteiger partial charge in [-0.2, -0.15) is 0 Å². The maximum atomic E-state index is 10.8. The fourth-order valence-electron chi connectivity index (χ4n) is 2.99. The van der Waals surface area contributed by atoms with E-state index in [1.165, 1.54) is 12.1 Å². The van der Waals surface area contributed by atoms with Crippen molar-refractivity contribution in [1.82, 2.24) is 0 Å². The Morgan fingerprint density at radius 2 is 1.73 bits per heavy atom. The zero-order valence-electron chi connectivity index (χ0n) is 17.1. The first-order valence-corrected chi connectivity index (χ1v) is 9.77. The monoisotopic (exact) mass is 406 g/mol. The summed E-state index contributed by atoms with van der Waals surface area (Å²) in [7, 11) is 1.60. The second-order valence-electron chi connectivity index (χ2n) is 6.64. The number of aliphatic hydroxyl groups is 1. The van der Waals surface area contributed by atoms with Gasteiger partial charge >= 0.3 is 0 Å². The van der Waals surface area contributed by atoms with Gasteiger partial charge in [-0.25, -0.2) is 0 Å². The van der Waals surface area contributed by atoms with Gasteiger partial charge in [0.05, 0.1) is 13.7 Å². The highest BCUT2D eigenvalue weighted by Crippen LogP contribution is 2.32. The number of hydrogen-bond acceptors (Lipinski definition) is 5. The number of rotatable bonds is 9. The summed E-state index contributed by atoms with van der Waals surface area (Å²) >= 11 is 0. The second kappa shape index (κ2) is 10.4. The van der Waals surface area contributed by atoms with Gasteiger partial charge in [0.1, 0.15) is 35.7 Å². The molecule has 0 amide bonds. The molecule has 5 nitrogen and oxygen atoms in total. The van der Waals surface area contributed by atoms with Gasteiger partial charge in [-0.15, -0.1) is 0 Å². The number of phenolic OH excluding ortho intramolecular Hbond substituents is 1. The smallest absolute Gasteiger partial charge is 0.130 e. The highest BCUT2D eigenvalue weighted by molar-refractivity contribution is 5.60. The Hall–Kier alpha value is -3.44. The minimum Gasteiger partial charge on any atom is -0.508 e. The molecule has 30 heavy (non-hydrogen) atoms. The standard InChI is InChI=1S/C25H26O5/c1-3-29-24-16-21(28-2)12-9-19(24)10-14-23(27)22-13-11-20(26)15-25(22)30-17-18-7-5-4-6-8-18/h4-16,23,26-27H,3,17H2,1-2H3. The summed E-state index contributed by atoms with van der Waals surface area (Å²) < 4.78 is 16.8. The van der Waals surface area contributed by atoms with E-state index in [9.17, 15) is 10.2 Å². The number of aromatic hydroxyl groups is 1. The molecule has 0 heterocycles. The molecule has 0 spiro atoms. The summed E-state index contributed by atoms with van der Waals surface area (Å²) in [6.45, 7) is 2.77. The van der Waals surface area contributed by atoms with E-state index in [4.69, 9.17) is 14.2 Å². The minimum absolute atomic E-state index is 0.0757. The molecular formula is C25H26O5. The van der Waals surface area contributed by atoms with E-state index >= 15 is 0 Å². The van der Waals surface area contributed by atoms with Crippen LogP contribution < -0.4 is 14.2 Å². The van der Waals surface area contributed by atoms with Crippen LogP contribution in [0.25, 0.3) is 6.08 Å². The van der Waals surface area contributed by atoms with Crippen LogP contribution in [0.3, 0.4) is 0 Å². The Labute approximate surface area is 176 Å². The Morgan fingerprint density at radius 3 is 2.47 bits per heavy atom. The van der Waals surface area contributed by atoms with Gasteiger partial charge in [-0.1, -0.05) is 42.5 Å². The predicted octanol–water partition coefficient (Wildman–Crippen LogP) is 5.13. The molecule has 1 atom stereocenters. The van der Waals surface area contributed by atoms with E-state index in [0.29, 0.717) is 36.0 Å². The summed E-state index contributed by atoms with van der Waals surface area (Å²) in [5.74, 6) is 1.88. The van der Waals surface area contributed by atoms with Gasteiger partial charge in [0.2, 0.25) is 0 Å². The largest absolute Gasteiger partial charge is 0.508 e. The van der Waals surface area contributed by atoms with E-state index in [1.54, 1.807) is 25.3 Å². The molecule has 1 unspecified atom stereocenters. The van der Waals surface area contributed by atoms with Crippen LogP contribution in [-0.4, -0.2) is 23.9 Å². The average Bonchev–Trinajstić information content (AvgIpc) is 2.77. The van der Waals surface area contributed by atoms with Crippen LogP contribution in [0.2, 0.25) is 0 Å². The van der Waals surface area contributed by atoms with Gasteiger partial charge < -0.3 is 24.4 Å². The lowest BCUT2D eigenvalue weighted by Gasteiger charge is -2.15. The van der Waals surface area contributed by atoms with Crippen molar-refractivity contribution in [1.29, 1.82) is 0 Å². The molecular weight excluding hydrogens is 380 g/mol. The van der Waals surface area contributed by atoms with E-state index in [1.807, 2.05) is 55.5 Å². The normalized spacial score (nSPS) is 12.0. The third kappa shape index (κ3) is 5.55. The van der Waals surface area contributed by atoms with Crippen LogP contribution in [0.5, 0.6) is 23.0 Å². The van der Waals surface area contributed by atoms with Crippen molar-refractivity contribution in [3.63, 3.8) is 0 Å². The quantitative estimate of drug-likeness (QED) is 0.516. The van der Waals surface area contributed by atoms with Gasteiger partial charge in [0, 0.05) is 23.3 Å². The first-order chi connectivity index (χ1) is 14.6. The minimum atomic E-state index is -0.923. The fourth-order valence-corrected chi connectivity index (χ4v) is 2.99.